The van der Waals surface area contributed by atoms with Gasteiger partial charge in [-0.05, 0) is 55.5 Å². The molecule has 0 aliphatic rings. The normalized spacial score (nSPS) is 11.4. The van der Waals surface area contributed by atoms with Gasteiger partial charge in [-0.2, -0.15) is 10.4 Å². The summed E-state index contributed by atoms with van der Waals surface area (Å²) in [6, 6.07) is 15.9. The highest BCUT2D eigenvalue weighted by molar-refractivity contribution is 5.94. The maximum absolute atomic E-state index is 12.2. The molecule has 3 aromatic rings. The molecule has 1 heterocycles. The zero-order valence-corrected chi connectivity index (χ0v) is 13.5. The summed E-state index contributed by atoms with van der Waals surface area (Å²) in [6.45, 7) is 1.66. The van der Waals surface area contributed by atoms with Gasteiger partial charge in [-0.25, -0.2) is 9.67 Å². The van der Waals surface area contributed by atoms with Crippen molar-refractivity contribution in [3.05, 3.63) is 66.7 Å². The lowest BCUT2D eigenvalue weighted by molar-refractivity contribution is -0.122. The molecule has 0 bridgehead atoms. The van der Waals surface area contributed by atoms with Crippen LogP contribution >= 0.6 is 0 Å². The third kappa shape index (κ3) is 4.00. The molecule has 2 aromatic carbocycles. The molecule has 1 N–H and O–H groups in total. The third-order valence-electron chi connectivity index (χ3n) is 3.48. The average Bonchev–Trinajstić information content (AvgIpc) is 3.17. The molecular weight excluding hydrogens is 318 g/mol. The fourth-order valence-corrected chi connectivity index (χ4v) is 2.15. The van der Waals surface area contributed by atoms with Crippen molar-refractivity contribution in [1.29, 1.82) is 5.26 Å². The van der Waals surface area contributed by atoms with Crippen LogP contribution in [-0.2, 0) is 4.79 Å². The Morgan fingerprint density at radius 1 is 1.20 bits per heavy atom. The van der Waals surface area contributed by atoms with Gasteiger partial charge in [0.05, 0.1) is 17.3 Å². The van der Waals surface area contributed by atoms with Crippen molar-refractivity contribution in [3.63, 3.8) is 0 Å². The minimum absolute atomic E-state index is 0.266. The number of nitrogens with one attached hydrogen (secondary N) is 1. The van der Waals surface area contributed by atoms with Crippen LogP contribution in [0, 0.1) is 11.3 Å². The third-order valence-corrected chi connectivity index (χ3v) is 3.48. The van der Waals surface area contributed by atoms with Gasteiger partial charge in [0.25, 0.3) is 5.91 Å². The predicted molar refractivity (Wildman–Crippen MR) is 91.2 cm³/mol. The quantitative estimate of drug-likeness (QED) is 0.774. The zero-order chi connectivity index (χ0) is 17.6. The van der Waals surface area contributed by atoms with E-state index in [1.807, 2.05) is 18.2 Å². The fourth-order valence-electron chi connectivity index (χ4n) is 2.15. The Labute approximate surface area is 144 Å². The molecule has 0 radical (unpaired) electrons. The van der Waals surface area contributed by atoms with E-state index in [0.29, 0.717) is 17.0 Å². The molecular formula is C18H15N5O2. The van der Waals surface area contributed by atoms with Gasteiger partial charge in [0.1, 0.15) is 18.4 Å². The number of nitrogens with zero attached hydrogens (tertiary/aromatic N) is 4. The summed E-state index contributed by atoms with van der Waals surface area (Å²) in [5.74, 6) is 0.265. The van der Waals surface area contributed by atoms with Gasteiger partial charge >= 0.3 is 0 Å². The molecule has 1 aromatic heterocycles. The van der Waals surface area contributed by atoms with Gasteiger partial charge in [0.15, 0.2) is 6.10 Å². The molecule has 0 aliphatic carbocycles. The number of carbonyl (C=O) groups is 1. The first-order chi connectivity index (χ1) is 12.2. The molecule has 3 rings (SSSR count). The van der Waals surface area contributed by atoms with Gasteiger partial charge in [0.2, 0.25) is 0 Å². The molecule has 0 saturated heterocycles. The van der Waals surface area contributed by atoms with Crippen LogP contribution in [0.5, 0.6) is 5.75 Å². The largest absolute Gasteiger partial charge is 0.481 e. The van der Waals surface area contributed by atoms with Crippen LogP contribution in [0.1, 0.15) is 12.5 Å². The summed E-state index contributed by atoms with van der Waals surface area (Å²) < 4.78 is 7.21. The van der Waals surface area contributed by atoms with Crippen LogP contribution in [-0.4, -0.2) is 26.8 Å². The average molecular weight is 333 g/mol. The molecule has 25 heavy (non-hydrogen) atoms. The molecule has 7 heteroatoms. The summed E-state index contributed by atoms with van der Waals surface area (Å²) in [7, 11) is 0. The number of hydrogen-bond acceptors (Lipinski definition) is 5. The van der Waals surface area contributed by atoms with E-state index in [4.69, 9.17) is 10.00 Å². The van der Waals surface area contributed by atoms with Crippen LogP contribution in [0.4, 0.5) is 5.69 Å². The highest BCUT2D eigenvalue weighted by atomic mass is 16.5. The second-order valence-corrected chi connectivity index (χ2v) is 5.27. The van der Waals surface area contributed by atoms with Crippen LogP contribution in [0.25, 0.3) is 5.69 Å². The SMILES string of the molecule is CC(Oc1ccc(C#N)cc1)C(=O)Nc1ccc(-n2cncn2)cc1. The number of rotatable bonds is 5. The highest BCUT2D eigenvalue weighted by Gasteiger charge is 2.15. The highest BCUT2D eigenvalue weighted by Crippen LogP contribution is 2.16. The first-order valence-corrected chi connectivity index (χ1v) is 7.58. The van der Waals surface area contributed by atoms with E-state index in [9.17, 15) is 4.79 Å². The summed E-state index contributed by atoms with van der Waals surface area (Å²) in [5.41, 5.74) is 2.04. The van der Waals surface area contributed by atoms with Crippen molar-refractivity contribution in [2.24, 2.45) is 0 Å². The number of carbonyl (C=O) groups excluding carboxylic acids is 1. The predicted octanol–water partition coefficient (Wildman–Crippen LogP) is 2.54. The van der Waals surface area contributed by atoms with E-state index in [1.54, 1.807) is 54.3 Å². The van der Waals surface area contributed by atoms with Crippen molar-refractivity contribution in [2.45, 2.75) is 13.0 Å². The van der Waals surface area contributed by atoms with Crippen molar-refractivity contribution in [2.75, 3.05) is 5.32 Å². The number of hydrogen-bond donors (Lipinski definition) is 1. The Kier molecular flexibility index (Phi) is 4.72. The van der Waals surface area contributed by atoms with E-state index in [0.717, 1.165) is 5.69 Å². The molecule has 1 atom stereocenters. The molecule has 124 valence electrons. The maximum Gasteiger partial charge on any atom is 0.265 e. The van der Waals surface area contributed by atoms with E-state index in [1.165, 1.54) is 6.33 Å². The Hall–Kier alpha value is -3.66. The fraction of sp³-hybridized carbons (Fsp3) is 0.111. The lowest BCUT2D eigenvalue weighted by Crippen LogP contribution is -2.30. The maximum atomic E-state index is 12.2. The standard InChI is InChI=1S/C18H15N5O2/c1-13(25-17-8-2-14(10-19)3-9-17)18(24)22-15-4-6-16(7-5-15)23-12-20-11-21-23/h2-9,11-13H,1H3,(H,22,24). The summed E-state index contributed by atoms with van der Waals surface area (Å²) in [5, 5.41) is 15.6. The summed E-state index contributed by atoms with van der Waals surface area (Å²) in [6.07, 6.45) is 2.38. The molecule has 1 unspecified atom stereocenters. The second-order valence-electron chi connectivity index (χ2n) is 5.27. The second kappa shape index (κ2) is 7.27. The molecule has 1 amide bonds. The van der Waals surface area contributed by atoms with Crippen LogP contribution in [0.3, 0.4) is 0 Å². The smallest absolute Gasteiger partial charge is 0.265 e. The number of nitriles is 1. The molecule has 0 saturated carbocycles. The topological polar surface area (TPSA) is 92.8 Å². The van der Waals surface area contributed by atoms with E-state index < -0.39 is 6.10 Å². The van der Waals surface area contributed by atoms with Gasteiger partial charge in [-0.1, -0.05) is 0 Å². The Bertz CT molecular complexity index is 881. The van der Waals surface area contributed by atoms with Gasteiger partial charge in [-0.3, -0.25) is 4.79 Å². The minimum Gasteiger partial charge on any atom is -0.481 e. The van der Waals surface area contributed by atoms with Gasteiger partial charge < -0.3 is 10.1 Å². The van der Waals surface area contributed by atoms with Crippen LogP contribution in [0.2, 0.25) is 0 Å². The molecule has 7 nitrogen and oxygen atoms in total. The van der Waals surface area contributed by atoms with Crippen molar-refractivity contribution in [3.8, 4) is 17.5 Å². The molecule has 0 spiro atoms. The number of aromatic nitrogens is 3. The monoisotopic (exact) mass is 333 g/mol. The van der Waals surface area contributed by atoms with E-state index >= 15 is 0 Å². The molecule has 0 fully saturated rings. The van der Waals surface area contributed by atoms with E-state index in [-0.39, 0.29) is 5.91 Å². The number of benzene rings is 2. The first-order valence-electron chi connectivity index (χ1n) is 7.58. The van der Waals surface area contributed by atoms with E-state index in [2.05, 4.69) is 15.4 Å². The number of anilines is 1. The van der Waals surface area contributed by atoms with Crippen molar-refractivity contribution < 1.29 is 9.53 Å². The number of ether oxygens (including phenoxy) is 1. The lowest BCUT2D eigenvalue weighted by atomic mass is 10.2. The van der Waals surface area contributed by atoms with Crippen LogP contribution < -0.4 is 10.1 Å². The van der Waals surface area contributed by atoms with Crippen molar-refractivity contribution in [1.82, 2.24) is 14.8 Å². The first kappa shape index (κ1) is 16.2. The lowest BCUT2D eigenvalue weighted by Gasteiger charge is -2.15. The van der Waals surface area contributed by atoms with Gasteiger partial charge in [-0.15, -0.1) is 0 Å². The Morgan fingerprint density at radius 3 is 2.52 bits per heavy atom. The van der Waals surface area contributed by atoms with Crippen molar-refractivity contribution >= 4 is 11.6 Å². The summed E-state index contributed by atoms with van der Waals surface area (Å²) >= 11 is 0. The zero-order valence-electron chi connectivity index (χ0n) is 13.5. The number of amides is 1. The molecule has 0 aliphatic heterocycles. The Morgan fingerprint density at radius 2 is 1.92 bits per heavy atom. The summed E-state index contributed by atoms with van der Waals surface area (Å²) in [4.78, 5) is 16.1. The van der Waals surface area contributed by atoms with Gasteiger partial charge in [0, 0.05) is 5.69 Å². The Balaban J connectivity index is 1.60. The minimum atomic E-state index is -0.678. The van der Waals surface area contributed by atoms with Crippen LogP contribution in [0.15, 0.2) is 61.2 Å².